The summed E-state index contributed by atoms with van der Waals surface area (Å²) in [5.74, 6) is -1.04. The molecule has 17 heavy (non-hydrogen) atoms. The van der Waals surface area contributed by atoms with Crippen LogP contribution in [0.3, 0.4) is 0 Å². The third-order valence-corrected chi connectivity index (χ3v) is 2.89. The third-order valence-electron chi connectivity index (χ3n) is 1.99. The van der Waals surface area contributed by atoms with Gasteiger partial charge in [-0.1, -0.05) is 11.6 Å². The number of benzene rings is 1. The molecule has 0 fully saturated rings. The maximum Gasteiger partial charge on any atom is 0.167 e. The number of halogens is 4. The van der Waals surface area contributed by atoms with E-state index in [2.05, 4.69) is 26.2 Å². The molecule has 2 rings (SSSR count). The van der Waals surface area contributed by atoms with Crippen molar-refractivity contribution in [2.75, 3.05) is 5.32 Å². The van der Waals surface area contributed by atoms with E-state index in [-0.39, 0.29) is 10.8 Å². The minimum atomic E-state index is -0.603. The first-order valence-corrected chi connectivity index (χ1v) is 5.76. The first kappa shape index (κ1) is 12.3. The van der Waals surface area contributed by atoms with E-state index in [1.807, 2.05) is 0 Å². The Morgan fingerprint density at radius 3 is 2.71 bits per heavy atom. The molecule has 0 unspecified atom stereocenters. The standard InChI is InChI=1S/C11H6BrClF2N2/c12-8-2-1-7(14)4-10(8)17-11-9(15)3-6(13)5-16-11/h1-5H,(H,16,17). The van der Waals surface area contributed by atoms with Gasteiger partial charge in [0.05, 0.1) is 10.7 Å². The zero-order valence-corrected chi connectivity index (χ0v) is 10.7. The monoisotopic (exact) mass is 318 g/mol. The Kier molecular flexibility index (Phi) is 3.59. The van der Waals surface area contributed by atoms with Gasteiger partial charge in [-0.3, -0.25) is 0 Å². The molecule has 0 radical (unpaired) electrons. The molecule has 0 saturated carbocycles. The highest BCUT2D eigenvalue weighted by Crippen LogP contribution is 2.27. The lowest BCUT2D eigenvalue weighted by Gasteiger charge is -2.08. The van der Waals surface area contributed by atoms with Crippen LogP contribution in [0.15, 0.2) is 34.9 Å². The summed E-state index contributed by atoms with van der Waals surface area (Å²) in [5.41, 5.74) is 0.388. The van der Waals surface area contributed by atoms with E-state index in [9.17, 15) is 8.78 Å². The van der Waals surface area contributed by atoms with Crippen LogP contribution in [0.2, 0.25) is 5.02 Å². The molecule has 0 aliphatic rings. The van der Waals surface area contributed by atoms with Gasteiger partial charge in [0, 0.05) is 10.7 Å². The lowest BCUT2D eigenvalue weighted by Crippen LogP contribution is -1.98. The van der Waals surface area contributed by atoms with Crippen LogP contribution in [0.4, 0.5) is 20.3 Å². The van der Waals surface area contributed by atoms with Crippen molar-refractivity contribution in [3.05, 3.63) is 51.6 Å². The Morgan fingerprint density at radius 2 is 2.00 bits per heavy atom. The van der Waals surface area contributed by atoms with Crippen molar-refractivity contribution < 1.29 is 8.78 Å². The molecule has 0 spiro atoms. The minimum absolute atomic E-state index is 0.0132. The first-order chi connectivity index (χ1) is 8.06. The summed E-state index contributed by atoms with van der Waals surface area (Å²) in [4.78, 5) is 3.78. The fourth-order valence-corrected chi connectivity index (χ4v) is 1.72. The van der Waals surface area contributed by atoms with Crippen LogP contribution >= 0.6 is 27.5 Å². The molecular formula is C11H6BrClF2N2. The molecule has 1 heterocycles. The van der Waals surface area contributed by atoms with E-state index in [1.165, 1.54) is 24.4 Å². The van der Waals surface area contributed by atoms with Crippen molar-refractivity contribution >= 4 is 39.0 Å². The number of nitrogens with one attached hydrogen (secondary N) is 1. The molecule has 0 aliphatic carbocycles. The van der Waals surface area contributed by atoms with Gasteiger partial charge in [0.1, 0.15) is 5.82 Å². The van der Waals surface area contributed by atoms with E-state index >= 15 is 0 Å². The van der Waals surface area contributed by atoms with Gasteiger partial charge in [0.25, 0.3) is 0 Å². The third kappa shape index (κ3) is 2.92. The smallest absolute Gasteiger partial charge is 0.167 e. The summed E-state index contributed by atoms with van der Waals surface area (Å²) in [7, 11) is 0. The highest BCUT2D eigenvalue weighted by Gasteiger charge is 2.08. The lowest BCUT2D eigenvalue weighted by atomic mass is 10.3. The van der Waals surface area contributed by atoms with Gasteiger partial charge in [-0.15, -0.1) is 0 Å². The van der Waals surface area contributed by atoms with Crippen molar-refractivity contribution in [2.24, 2.45) is 0 Å². The molecule has 0 saturated heterocycles. The predicted octanol–water partition coefficient (Wildman–Crippen LogP) is 4.52. The summed E-state index contributed by atoms with van der Waals surface area (Å²) in [5, 5.41) is 2.88. The van der Waals surface area contributed by atoms with E-state index in [4.69, 9.17) is 11.6 Å². The second-order valence-electron chi connectivity index (χ2n) is 3.23. The van der Waals surface area contributed by atoms with E-state index in [0.717, 1.165) is 6.07 Å². The number of hydrogen-bond donors (Lipinski definition) is 1. The van der Waals surface area contributed by atoms with Crippen LogP contribution in [0, 0.1) is 11.6 Å². The van der Waals surface area contributed by atoms with Crippen molar-refractivity contribution in [3.8, 4) is 0 Å². The first-order valence-electron chi connectivity index (χ1n) is 4.59. The van der Waals surface area contributed by atoms with Gasteiger partial charge in [-0.05, 0) is 40.2 Å². The van der Waals surface area contributed by atoms with Crippen LogP contribution in [0.25, 0.3) is 0 Å². The van der Waals surface area contributed by atoms with Crippen LogP contribution in [0.1, 0.15) is 0 Å². The van der Waals surface area contributed by atoms with Crippen molar-refractivity contribution in [2.45, 2.75) is 0 Å². The number of aromatic nitrogens is 1. The van der Waals surface area contributed by atoms with Gasteiger partial charge in [0.15, 0.2) is 11.6 Å². The number of rotatable bonds is 2. The Morgan fingerprint density at radius 1 is 1.24 bits per heavy atom. The molecule has 1 N–H and O–H groups in total. The Hall–Kier alpha value is -1.20. The second-order valence-corrected chi connectivity index (χ2v) is 4.52. The summed E-state index contributed by atoms with van der Waals surface area (Å²) in [6, 6.07) is 5.18. The molecule has 2 nitrogen and oxygen atoms in total. The zero-order chi connectivity index (χ0) is 12.4. The van der Waals surface area contributed by atoms with Gasteiger partial charge in [-0.25, -0.2) is 13.8 Å². The second kappa shape index (κ2) is 4.98. The molecular weight excluding hydrogens is 313 g/mol. The molecule has 2 aromatic rings. The SMILES string of the molecule is Fc1ccc(Br)c(Nc2ncc(Cl)cc2F)c1. The highest BCUT2D eigenvalue weighted by atomic mass is 79.9. The fourth-order valence-electron chi connectivity index (χ4n) is 1.23. The highest BCUT2D eigenvalue weighted by molar-refractivity contribution is 9.10. The maximum atomic E-state index is 13.4. The number of anilines is 2. The molecule has 0 bridgehead atoms. The van der Waals surface area contributed by atoms with Crippen molar-refractivity contribution in [1.82, 2.24) is 4.98 Å². The zero-order valence-electron chi connectivity index (χ0n) is 8.35. The Labute approximate surface area is 110 Å². The van der Waals surface area contributed by atoms with E-state index in [1.54, 1.807) is 0 Å². The molecule has 6 heteroatoms. The quantitative estimate of drug-likeness (QED) is 0.880. The minimum Gasteiger partial charge on any atom is -0.337 e. The van der Waals surface area contributed by atoms with Crippen LogP contribution in [-0.4, -0.2) is 4.98 Å². The summed E-state index contributed by atoms with van der Waals surface area (Å²) in [6.07, 6.45) is 1.31. The lowest BCUT2D eigenvalue weighted by molar-refractivity contribution is 0.624. The topological polar surface area (TPSA) is 24.9 Å². The van der Waals surface area contributed by atoms with Gasteiger partial charge in [0.2, 0.25) is 0 Å². The Balaban J connectivity index is 2.34. The van der Waals surface area contributed by atoms with Crippen molar-refractivity contribution in [1.29, 1.82) is 0 Å². The summed E-state index contributed by atoms with van der Waals surface area (Å²) >= 11 is 8.80. The summed E-state index contributed by atoms with van der Waals surface area (Å²) in [6.45, 7) is 0. The molecule has 88 valence electrons. The molecule has 1 aromatic heterocycles. The number of nitrogens with zero attached hydrogens (tertiary/aromatic N) is 1. The fraction of sp³-hybridized carbons (Fsp3) is 0. The van der Waals surface area contributed by atoms with Gasteiger partial charge >= 0.3 is 0 Å². The molecule has 0 atom stereocenters. The maximum absolute atomic E-state index is 13.4. The molecule has 0 amide bonds. The van der Waals surface area contributed by atoms with Gasteiger partial charge < -0.3 is 5.32 Å². The van der Waals surface area contributed by atoms with Crippen LogP contribution < -0.4 is 5.32 Å². The van der Waals surface area contributed by atoms with Gasteiger partial charge in [-0.2, -0.15) is 0 Å². The van der Waals surface area contributed by atoms with Crippen LogP contribution in [-0.2, 0) is 0 Å². The molecule has 0 aliphatic heterocycles. The van der Waals surface area contributed by atoms with Crippen molar-refractivity contribution in [3.63, 3.8) is 0 Å². The average Bonchev–Trinajstić information content (AvgIpc) is 2.27. The largest absolute Gasteiger partial charge is 0.337 e. The Bertz CT molecular complexity index is 563. The van der Waals surface area contributed by atoms with Crippen LogP contribution in [0.5, 0.6) is 0 Å². The molecule has 1 aromatic carbocycles. The average molecular weight is 320 g/mol. The van der Waals surface area contributed by atoms with E-state index < -0.39 is 11.6 Å². The summed E-state index contributed by atoms with van der Waals surface area (Å²) < 4.78 is 27.1. The number of hydrogen-bond acceptors (Lipinski definition) is 2. The predicted molar refractivity (Wildman–Crippen MR) is 66.6 cm³/mol. The number of pyridine rings is 1. The van der Waals surface area contributed by atoms with E-state index in [0.29, 0.717) is 10.2 Å². The normalized spacial score (nSPS) is 10.4.